The highest BCUT2D eigenvalue weighted by atomic mass is 32.1. The highest BCUT2D eigenvalue weighted by Gasteiger charge is 2.48. The van der Waals surface area contributed by atoms with Crippen LogP contribution < -0.4 is 0 Å². The number of carboxylic acid groups (broad SMARTS) is 1. The maximum absolute atomic E-state index is 13.3. The van der Waals surface area contributed by atoms with Gasteiger partial charge in [-0.1, -0.05) is 25.7 Å². The molecule has 3 unspecified atom stereocenters. The lowest BCUT2D eigenvalue weighted by atomic mass is 9.85. The van der Waals surface area contributed by atoms with Gasteiger partial charge < -0.3 is 10.0 Å². The van der Waals surface area contributed by atoms with Crippen molar-refractivity contribution in [3.63, 3.8) is 0 Å². The Morgan fingerprint density at radius 3 is 2.52 bits per heavy atom. The van der Waals surface area contributed by atoms with Crippen molar-refractivity contribution in [2.45, 2.75) is 82.7 Å². The lowest BCUT2D eigenvalue weighted by molar-refractivity contribution is -0.141. The molecule has 1 saturated heterocycles. The number of hydrogen-bond acceptors (Lipinski definition) is 4. The number of thiazole rings is 1. The summed E-state index contributed by atoms with van der Waals surface area (Å²) in [6.07, 6.45) is 9.64. The molecule has 3 atom stereocenters. The molecule has 136 valence electrons. The molecule has 0 radical (unpaired) electrons. The molecule has 0 spiro atoms. The summed E-state index contributed by atoms with van der Waals surface area (Å²) in [5.41, 5.74) is 0.778. The minimum Gasteiger partial charge on any atom is -0.480 e. The number of carboxylic acids is 1. The zero-order valence-electron chi connectivity index (χ0n) is 14.7. The first kappa shape index (κ1) is 17.0. The smallest absolute Gasteiger partial charge is 0.326 e. The van der Waals surface area contributed by atoms with Gasteiger partial charge in [0.15, 0.2) is 0 Å². The van der Waals surface area contributed by atoms with E-state index in [9.17, 15) is 14.7 Å². The minimum absolute atomic E-state index is 0.0961. The first-order chi connectivity index (χ1) is 12.1. The standard InChI is InChI=1S/C19H26N2O3S/c1-11-16(25-17(20-11)12-6-2-3-7-12)18(22)21-14-9-5-4-8-13(14)10-15(21)19(23)24/h12-15H,2-10H2,1H3,(H,23,24). The number of fused-ring (bicyclic) bond motifs is 1. The average Bonchev–Trinajstić information content (AvgIpc) is 3.31. The van der Waals surface area contributed by atoms with E-state index in [0.717, 1.165) is 49.2 Å². The van der Waals surface area contributed by atoms with E-state index in [1.165, 1.54) is 24.2 Å². The van der Waals surface area contributed by atoms with E-state index in [1.807, 2.05) is 6.92 Å². The van der Waals surface area contributed by atoms with E-state index in [4.69, 9.17) is 0 Å². The number of amides is 1. The van der Waals surface area contributed by atoms with Crippen LogP contribution in [0.1, 0.15) is 84.1 Å². The Bertz CT molecular complexity index is 680. The SMILES string of the molecule is Cc1nc(C2CCCC2)sc1C(=O)N1C(C(=O)O)CC2CCCCC21. The monoisotopic (exact) mass is 362 g/mol. The number of carbonyl (C=O) groups excluding carboxylic acids is 1. The Labute approximate surface area is 152 Å². The summed E-state index contributed by atoms with van der Waals surface area (Å²) in [5.74, 6) is -0.121. The van der Waals surface area contributed by atoms with Gasteiger partial charge in [0.25, 0.3) is 5.91 Å². The molecule has 25 heavy (non-hydrogen) atoms. The van der Waals surface area contributed by atoms with Crippen LogP contribution in [-0.2, 0) is 4.79 Å². The van der Waals surface area contributed by atoms with Gasteiger partial charge in [-0.2, -0.15) is 0 Å². The lowest BCUT2D eigenvalue weighted by Crippen LogP contribution is -2.46. The number of nitrogens with zero attached hydrogens (tertiary/aromatic N) is 2. The largest absolute Gasteiger partial charge is 0.480 e. The second-order valence-corrected chi connectivity index (χ2v) is 8.89. The fourth-order valence-corrected chi connectivity index (χ4v) is 6.23. The predicted molar refractivity (Wildman–Crippen MR) is 96.0 cm³/mol. The van der Waals surface area contributed by atoms with Crippen LogP contribution in [0, 0.1) is 12.8 Å². The molecule has 6 heteroatoms. The van der Waals surface area contributed by atoms with E-state index in [-0.39, 0.29) is 11.9 Å². The van der Waals surface area contributed by atoms with Gasteiger partial charge in [0.05, 0.1) is 10.7 Å². The number of likely N-dealkylation sites (tertiary alicyclic amines) is 1. The molecule has 2 aliphatic carbocycles. The Morgan fingerprint density at radius 2 is 1.80 bits per heavy atom. The number of carbonyl (C=O) groups is 2. The Kier molecular flexibility index (Phi) is 4.56. The van der Waals surface area contributed by atoms with Crippen LogP contribution in [0.15, 0.2) is 0 Å². The summed E-state index contributed by atoms with van der Waals surface area (Å²) in [6.45, 7) is 1.90. The minimum atomic E-state index is -0.860. The van der Waals surface area contributed by atoms with Gasteiger partial charge in [0.2, 0.25) is 0 Å². The molecule has 0 aromatic carbocycles. The Hall–Kier alpha value is -1.43. The Balaban J connectivity index is 1.63. The van der Waals surface area contributed by atoms with Crippen molar-refractivity contribution < 1.29 is 14.7 Å². The second-order valence-electron chi connectivity index (χ2n) is 7.86. The van der Waals surface area contributed by atoms with Crippen LogP contribution in [-0.4, -0.2) is 39.0 Å². The zero-order valence-corrected chi connectivity index (χ0v) is 15.6. The van der Waals surface area contributed by atoms with E-state index < -0.39 is 12.0 Å². The zero-order chi connectivity index (χ0) is 17.6. The highest BCUT2D eigenvalue weighted by molar-refractivity contribution is 7.13. The molecular formula is C19H26N2O3S. The molecule has 3 aliphatic rings. The Morgan fingerprint density at radius 1 is 1.12 bits per heavy atom. The van der Waals surface area contributed by atoms with Crippen molar-refractivity contribution in [1.29, 1.82) is 0 Å². The maximum Gasteiger partial charge on any atom is 0.326 e. The molecular weight excluding hydrogens is 336 g/mol. The summed E-state index contributed by atoms with van der Waals surface area (Å²) in [6, 6.07) is -0.573. The number of aryl methyl sites for hydroxylation is 1. The van der Waals surface area contributed by atoms with Gasteiger partial charge in [-0.25, -0.2) is 9.78 Å². The summed E-state index contributed by atoms with van der Waals surface area (Å²) in [4.78, 5) is 32.1. The lowest BCUT2D eigenvalue weighted by Gasteiger charge is -2.32. The number of hydrogen-bond donors (Lipinski definition) is 1. The van der Waals surface area contributed by atoms with E-state index in [1.54, 1.807) is 4.90 Å². The highest BCUT2D eigenvalue weighted by Crippen LogP contribution is 2.42. The molecule has 2 saturated carbocycles. The van der Waals surface area contributed by atoms with Crippen molar-refractivity contribution in [1.82, 2.24) is 9.88 Å². The van der Waals surface area contributed by atoms with E-state index in [2.05, 4.69) is 4.98 Å². The van der Waals surface area contributed by atoms with Crippen molar-refractivity contribution in [2.75, 3.05) is 0 Å². The molecule has 1 aromatic heterocycles. The van der Waals surface area contributed by atoms with Crippen LogP contribution in [0.5, 0.6) is 0 Å². The maximum atomic E-state index is 13.3. The van der Waals surface area contributed by atoms with Crippen molar-refractivity contribution in [3.05, 3.63) is 15.6 Å². The van der Waals surface area contributed by atoms with Gasteiger partial charge in [0.1, 0.15) is 10.9 Å². The number of rotatable bonds is 3. The van der Waals surface area contributed by atoms with Crippen molar-refractivity contribution in [2.24, 2.45) is 5.92 Å². The molecule has 3 fully saturated rings. The fraction of sp³-hybridized carbons (Fsp3) is 0.737. The molecule has 1 aromatic rings. The summed E-state index contributed by atoms with van der Waals surface area (Å²) < 4.78 is 0. The van der Waals surface area contributed by atoms with Crippen molar-refractivity contribution >= 4 is 23.2 Å². The van der Waals surface area contributed by atoms with Gasteiger partial charge in [-0.05, 0) is 44.9 Å². The van der Waals surface area contributed by atoms with Crippen LogP contribution in [0.3, 0.4) is 0 Å². The van der Waals surface area contributed by atoms with E-state index in [0.29, 0.717) is 23.1 Å². The normalized spacial score (nSPS) is 29.8. The van der Waals surface area contributed by atoms with Gasteiger partial charge in [-0.15, -0.1) is 11.3 Å². The third-order valence-corrected chi connectivity index (χ3v) is 7.63. The molecule has 5 nitrogen and oxygen atoms in total. The topological polar surface area (TPSA) is 70.5 Å². The average molecular weight is 362 g/mol. The number of aliphatic carboxylic acids is 1. The van der Waals surface area contributed by atoms with Crippen molar-refractivity contribution in [3.8, 4) is 0 Å². The number of aromatic nitrogens is 1. The molecule has 1 aliphatic heterocycles. The third-order valence-electron chi connectivity index (χ3n) is 6.32. The van der Waals surface area contributed by atoms with Crippen LogP contribution >= 0.6 is 11.3 Å². The molecule has 0 bridgehead atoms. The molecule has 1 amide bonds. The summed E-state index contributed by atoms with van der Waals surface area (Å²) in [5, 5.41) is 10.7. The van der Waals surface area contributed by atoms with Crippen LogP contribution in [0.25, 0.3) is 0 Å². The third kappa shape index (κ3) is 2.98. The summed E-state index contributed by atoms with van der Waals surface area (Å²) in [7, 11) is 0. The second kappa shape index (κ2) is 6.71. The van der Waals surface area contributed by atoms with Gasteiger partial charge in [0, 0.05) is 12.0 Å². The van der Waals surface area contributed by atoms with E-state index >= 15 is 0 Å². The van der Waals surface area contributed by atoms with Gasteiger partial charge >= 0.3 is 5.97 Å². The van der Waals surface area contributed by atoms with Crippen LogP contribution in [0.2, 0.25) is 0 Å². The molecule has 4 rings (SSSR count). The first-order valence-corrected chi connectivity index (χ1v) is 10.4. The predicted octanol–water partition coefficient (Wildman–Crippen LogP) is 3.97. The molecule has 1 N–H and O–H groups in total. The fourth-order valence-electron chi connectivity index (χ4n) is 5.05. The first-order valence-electron chi connectivity index (χ1n) is 9.59. The van der Waals surface area contributed by atoms with Crippen LogP contribution in [0.4, 0.5) is 0 Å². The van der Waals surface area contributed by atoms with Gasteiger partial charge in [-0.3, -0.25) is 4.79 Å². The molecule has 2 heterocycles. The summed E-state index contributed by atoms with van der Waals surface area (Å²) >= 11 is 1.51. The quantitative estimate of drug-likeness (QED) is 0.883.